The predicted octanol–water partition coefficient (Wildman–Crippen LogP) is 7.08. The summed E-state index contributed by atoms with van der Waals surface area (Å²) in [5.41, 5.74) is 3.89. The highest BCUT2D eigenvalue weighted by Crippen LogP contribution is 2.59. The molecule has 0 saturated heterocycles. The van der Waals surface area contributed by atoms with E-state index in [9.17, 15) is 19.5 Å². The van der Waals surface area contributed by atoms with Gasteiger partial charge in [-0.2, -0.15) is 0 Å². The molecule has 7 atom stereocenters. The molecule has 0 spiro atoms. The van der Waals surface area contributed by atoms with Gasteiger partial charge in [-0.15, -0.1) is 0 Å². The first-order chi connectivity index (χ1) is 22.1. The second kappa shape index (κ2) is 12.0. The molecule has 0 bridgehead atoms. The van der Waals surface area contributed by atoms with Gasteiger partial charge in [0.2, 0.25) is 17.7 Å². The monoisotopic (exact) mass is 641 g/mol. The van der Waals surface area contributed by atoms with Gasteiger partial charge in [0.05, 0.1) is 16.9 Å². The SMILES string of the molecule is CC(C)N[C@@H](C)C(=O)Nc1ccc2c(c1)[C@@]1(C)CCC[C@](C)(C(=O)NC(=O)[C@@]3(C)CCC[C@]4(C)c5cc(O)ccc5CC[C@@H]34)[C@@H]1CC2. The van der Waals surface area contributed by atoms with Crippen molar-refractivity contribution in [2.75, 3.05) is 5.32 Å². The van der Waals surface area contributed by atoms with E-state index in [0.717, 1.165) is 75.5 Å². The average Bonchev–Trinajstić information content (AvgIpc) is 3.01. The van der Waals surface area contributed by atoms with Gasteiger partial charge in [0, 0.05) is 11.7 Å². The zero-order chi connectivity index (χ0) is 33.9. The minimum Gasteiger partial charge on any atom is -0.508 e. The standard InChI is InChI=1S/C40H55N3O4/c1-24(2)41-25(3)34(45)42-28-14-10-26-12-16-32-37(4,30(26)22-28)18-8-20-39(32,6)35(46)43-36(47)40(7)21-9-19-38(5)31-23-29(44)15-11-27(31)13-17-33(38)40/h10-11,14-15,22-25,32-33,41,44H,8-9,12-13,16-21H2,1-7H3,(H,42,45)(H,43,46,47)/t25-,32+,33+,37+,38+,39-,40-/m0/s1. The van der Waals surface area contributed by atoms with Crippen molar-refractivity contribution in [2.24, 2.45) is 22.7 Å². The zero-order valence-electron chi connectivity index (χ0n) is 29.5. The Labute approximate surface area is 281 Å². The maximum Gasteiger partial charge on any atom is 0.241 e. The van der Waals surface area contributed by atoms with Gasteiger partial charge in [0.15, 0.2) is 0 Å². The summed E-state index contributed by atoms with van der Waals surface area (Å²) in [6, 6.07) is 11.9. The normalized spacial score (nSPS) is 33.4. The van der Waals surface area contributed by atoms with Gasteiger partial charge in [-0.1, -0.05) is 66.5 Å². The number of anilines is 1. The number of nitrogens with one attached hydrogen (secondary N) is 3. The van der Waals surface area contributed by atoms with Crippen LogP contribution in [0.2, 0.25) is 0 Å². The second-order valence-corrected chi connectivity index (χ2v) is 16.6. The maximum atomic E-state index is 14.5. The molecule has 47 heavy (non-hydrogen) atoms. The van der Waals surface area contributed by atoms with Crippen molar-refractivity contribution in [3.8, 4) is 5.75 Å². The lowest BCUT2D eigenvalue weighted by Crippen LogP contribution is -2.60. The fourth-order valence-electron chi connectivity index (χ4n) is 10.7. The molecule has 0 unspecified atom stereocenters. The number of rotatable bonds is 6. The first kappa shape index (κ1) is 33.7. The van der Waals surface area contributed by atoms with Gasteiger partial charge < -0.3 is 15.7 Å². The summed E-state index contributed by atoms with van der Waals surface area (Å²) in [6.45, 7) is 14.6. The van der Waals surface area contributed by atoms with Crippen LogP contribution in [0.25, 0.3) is 0 Å². The summed E-state index contributed by atoms with van der Waals surface area (Å²) in [6.07, 6.45) is 8.78. The summed E-state index contributed by atoms with van der Waals surface area (Å²) in [7, 11) is 0. The van der Waals surface area contributed by atoms with Gasteiger partial charge in [-0.25, -0.2) is 0 Å². The number of phenols is 1. The molecule has 4 aliphatic rings. The number of aromatic hydroxyl groups is 1. The van der Waals surface area contributed by atoms with Crippen LogP contribution < -0.4 is 16.0 Å². The quantitative estimate of drug-likeness (QED) is 0.252. The van der Waals surface area contributed by atoms with Gasteiger partial charge in [0.25, 0.3) is 0 Å². The van der Waals surface area contributed by atoms with Gasteiger partial charge in [-0.05, 0) is 127 Å². The van der Waals surface area contributed by atoms with Crippen LogP contribution in [0.4, 0.5) is 5.69 Å². The molecule has 0 aliphatic heterocycles. The predicted molar refractivity (Wildman–Crippen MR) is 186 cm³/mol. The van der Waals surface area contributed by atoms with Crippen molar-refractivity contribution < 1.29 is 19.5 Å². The van der Waals surface area contributed by atoms with Crippen LogP contribution in [0.15, 0.2) is 36.4 Å². The molecule has 6 rings (SSSR count). The Balaban J connectivity index is 1.23. The Hall–Kier alpha value is -3.19. The first-order valence-corrected chi connectivity index (χ1v) is 18.0. The van der Waals surface area contributed by atoms with E-state index in [-0.39, 0.29) is 58.2 Å². The van der Waals surface area contributed by atoms with E-state index in [0.29, 0.717) is 0 Å². The summed E-state index contributed by atoms with van der Waals surface area (Å²) < 4.78 is 0. The smallest absolute Gasteiger partial charge is 0.241 e. The number of carbonyl (C=O) groups is 3. The highest BCUT2D eigenvalue weighted by Gasteiger charge is 2.58. The number of imide groups is 1. The van der Waals surface area contributed by atoms with Crippen molar-refractivity contribution in [3.05, 3.63) is 58.7 Å². The van der Waals surface area contributed by atoms with Crippen LogP contribution in [0, 0.1) is 22.7 Å². The van der Waals surface area contributed by atoms with Gasteiger partial charge in [0.1, 0.15) is 5.75 Å². The molecule has 0 heterocycles. The van der Waals surface area contributed by atoms with Crippen molar-refractivity contribution >= 4 is 23.4 Å². The number of fused-ring (bicyclic) bond motifs is 6. The molecule has 2 fully saturated rings. The lowest BCUT2D eigenvalue weighted by atomic mass is 9.49. The summed E-state index contributed by atoms with van der Waals surface area (Å²) in [4.78, 5) is 41.8. The van der Waals surface area contributed by atoms with Crippen LogP contribution >= 0.6 is 0 Å². The maximum absolute atomic E-state index is 14.5. The van der Waals surface area contributed by atoms with E-state index in [1.165, 1.54) is 16.7 Å². The number of amides is 3. The fourth-order valence-corrected chi connectivity index (χ4v) is 10.7. The Morgan fingerprint density at radius 1 is 0.745 bits per heavy atom. The molecule has 254 valence electrons. The Bertz CT molecular complexity index is 1590. The third-order valence-corrected chi connectivity index (χ3v) is 13.2. The van der Waals surface area contributed by atoms with Crippen LogP contribution in [0.3, 0.4) is 0 Å². The molecule has 4 aliphatic carbocycles. The number of hydrogen-bond donors (Lipinski definition) is 4. The minimum atomic E-state index is -0.686. The molecule has 7 heteroatoms. The van der Waals surface area contributed by atoms with Crippen LogP contribution in [-0.2, 0) is 38.1 Å². The number of hydrogen-bond acceptors (Lipinski definition) is 5. The van der Waals surface area contributed by atoms with E-state index in [2.05, 4.69) is 55.8 Å². The molecule has 0 aromatic heterocycles. The number of phenolic OH excluding ortho intramolecular Hbond substituents is 1. The van der Waals surface area contributed by atoms with Crippen molar-refractivity contribution in [3.63, 3.8) is 0 Å². The van der Waals surface area contributed by atoms with E-state index < -0.39 is 10.8 Å². The van der Waals surface area contributed by atoms with Crippen LogP contribution in [0.5, 0.6) is 5.75 Å². The van der Waals surface area contributed by atoms with Gasteiger partial charge >= 0.3 is 0 Å². The molecular weight excluding hydrogens is 586 g/mol. The van der Waals surface area contributed by atoms with E-state index in [1.807, 2.05) is 39.0 Å². The molecule has 7 nitrogen and oxygen atoms in total. The van der Waals surface area contributed by atoms with Crippen molar-refractivity contribution in [1.29, 1.82) is 0 Å². The lowest BCUT2D eigenvalue weighted by molar-refractivity contribution is -0.150. The Morgan fingerprint density at radius 3 is 1.79 bits per heavy atom. The summed E-state index contributed by atoms with van der Waals surface area (Å²) in [5.74, 6) is 0.0951. The molecule has 3 amide bonds. The third kappa shape index (κ3) is 5.60. The topological polar surface area (TPSA) is 108 Å². The largest absolute Gasteiger partial charge is 0.508 e. The van der Waals surface area contributed by atoms with E-state index in [1.54, 1.807) is 6.07 Å². The molecule has 4 N–H and O–H groups in total. The highest BCUT2D eigenvalue weighted by atomic mass is 16.3. The average molecular weight is 642 g/mol. The van der Waals surface area contributed by atoms with Crippen molar-refractivity contribution in [2.45, 2.75) is 136 Å². The summed E-state index contributed by atoms with van der Waals surface area (Å²) in [5, 5.41) is 19.8. The Morgan fingerprint density at radius 2 is 1.26 bits per heavy atom. The lowest BCUT2D eigenvalue weighted by Gasteiger charge is -2.56. The molecule has 0 radical (unpaired) electrons. The molecule has 2 saturated carbocycles. The molecule has 2 aromatic rings. The van der Waals surface area contributed by atoms with Crippen LogP contribution in [-0.4, -0.2) is 34.9 Å². The van der Waals surface area contributed by atoms with Crippen LogP contribution in [0.1, 0.15) is 122 Å². The van der Waals surface area contributed by atoms with E-state index in [4.69, 9.17) is 0 Å². The number of benzene rings is 2. The number of carbonyl (C=O) groups excluding carboxylic acids is 3. The summed E-state index contributed by atoms with van der Waals surface area (Å²) >= 11 is 0. The number of aryl methyl sites for hydroxylation is 2. The second-order valence-electron chi connectivity index (χ2n) is 16.6. The highest BCUT2D eigenvalue weighted by molar-refractivity contribution is 6.01. The third-order valence-electron chi connectivity index (χ3n) is 13.2. The van der Waals surface area contributed by atoms with E-state index >= 15 is 0 Å². The minimum absolute atomic E-state index is 0.0619. The fraction of sp³-hybridized carbons (Fsp3) is 0.625. The first-order valence-electron chi connectivity index (χ1n) is 18.0. The van der Waals surface area contributed by atoms with Crippen molar-refractivity contribution in [1.82, 2.24) is 10.6 Å². The zero-order valence-corrected chi connectivity index (χ0v) is 29.5. The molecule has 2 aromatic carbocycles. The molecular formula is C40H55N3O4. The van der Waals surface area contributed by atoms with Gasteiger partial charge in [-0.3, -0.25) is 19.7 Å². The Kier molecular flexibility index (Phi) is 8.64.